The molecule has 2 N–H and O–H groups in total. The zero-order chi connectivity index (χ0) is 36.3. The van der Waals surface area contributed by atoms with E-state index in [1.807, 2.05) is 24.3 Å². The van der Waals surface area contributed by atoms with E-state index in [9.17, 15) is 9.59 Å². The van der Waals surface area contributed by atoms with Crippen molar-refractivity contribution in [3.05, 3.63) is 24.3 Å². The first-order valence-electron chi connectivity index (χ1n) is 22.3. The van der Waals surface area contributed by atoms with E-state index in [1.54, 1.807) is 0 Å². The van der Waals surface area contributed by atoms with Crippen LogP contribution >= 0.6 is 0 Å². The van der Waals surface area contributed by atoms with Gasteiger partial charge in [-0.15, -0.1) is 0 Å². The smallest absolute Gasteiger partial charge is 0.227 e. The Morgan fingerprint density at radius 2 is 0.560 bits per heavy atom. The minimum absolute atomic E-state index is 0.0831. The van der Waals surface area contributed by atoms with Gasteiger partial charge < -0.3 is 10.6 Å². The highest BCUT2D eigenvalue weighted by Crippen LogP contribution is 2.25. The lowest BCUT2D eigenvalue weighted by Gasteiger charge is -2.18. The predicted molar refractivity (Wildman–Crippen MR) is 221 cm³/mol. The molecular formula is C46H84N2O2. The van der Waals surface area contributed by atoms with Crippen LogP contribution in [0.3, 0.4) is 0 Å². The Bertz CT molecular complexity index is 825. The van der Waals surface area contributed by atoms with Crippen molar-refractivity contribution < 1.29 is 9.59 Å². The molecule has 0 heterocycles. The lowest BCUT2D eigenvalue weighted by molar-refractivity contribution is -0.121. The summed E-state index contributed by atoms with van der Waals surface area (Å²) < 4.78 is 0. The van der Waals surface area contributed by atoms with E-state index < -0.39 is 0 Å². The molecule has 290 valence electrons. The van der Waals surface area contributed by atoms with Gasteiger partial charge in [0.2, 0.25) is 11.8 Å². The molecule has 4 nitrogen and oxygen atoms in total. The van der Waals surface area contributed by atoms with Crippen molar-refractivity contribution in [3.8, 4) is 0 Å². The molecule has 2 atom stereocenters. The zero-order valence-corrected chi connectivity index (χ0v) is 33.9. The van der Waals surface area contributed by atoms with Gasteiger partial charge in [0.05, 0.1) is 0 Å². The molecule has 50 heavy (non-hydrogen) atoms. The summed E-state index contributed by atoms with van der Waals surface area (Å²) >= 11 is 0. The Balaban J connectivity index is 2.66. The molecule has 0 aliphatic heterocycles. The number of nitrogens with one attached hydrogen (secondary N) is 2. The van der Waals surface area contributed by atoms with E-state index in [4.69, 9.17) is 0 Å². The number of benzene rings is 1. The van der Waals surface area contributed by atoms with E-state index in [0.717, 1.165) is 62.7 Å². The van der Waals surface area contributed by atoms with Gasteiger partial charge in [-0.25, -0.2) is 0 Å². The van der Waals surface area contributed by atoms with E-state index >= 15 is 0 Å². The quantitative estimate of drug-likeness (QED) is 0.0686. The van der Waals surface area contributed by atoms with Gasteiger partial charge in [-0.2, -0.15) is 0 Å². The molecule has 0 radical (unpaired) electrons. The fraction of sp³-hybridized carbons (Fsp3) is 0.826. The van der Waals surface area contributed by atoms with Gasteiger partial charge in [-0.1, -0.05) is 207 Å². The number of hydrogen-bond donors (Lipinski definition) is 2. The number of amides is 2. The number of carbonyl (C=O) groups excluding carboxylic acids is 2. The molecule has 0 fully saturated rings. The van der Waals surface area contributed by atoms with Crippen molar-refractivity contribution in [3.63, 3.8) is 0 Å². The maximum absolute atomic E-state index is 13.5. The number of unbranched alkanes of at least 4 members (excludes halogenated alkanes) is 24. The first kappa shape index (κ1) is 46.2. The van der Waals surface area contributed by atoms with Crippen LogP contribution in [0.1, 0.15) is 233 Å². The highest BCUT2D eigenvalue weighted by Gasteiger charge is 2.20. The molecule has 0 aliphatic rings. The lowest BCUT2D eigenvalue weighted by Crippen LogP contribution is -2.24. The maximum atomic E-state index is 13.5. The zero-order valence-electron chi connectivity index (χ0n) is 33.9. The summed E-state index contributed by atoms with van der Waals surface area (Å²) in [6.07, 6.45) is 39.8. The summed E-state index contributed by atoms with van der Waals surface area (Å²) in [7, 11) is 0. The van der Waals surface area contributed by atoms with Crippen molar-refractivity contribution in [1.29, 1.82) is 0 Å². The Kier molecular flexibility index (Phi) is 31.6. The van der Waals surface area contributed by atoms with Crippen LogP contribution in [0.25, 0.3) is 0 Å². The third-order valence-electron chi connectivity index (χ3n) is 10.8. The van der Waals surface area contributed by atoms with Gasteiger partial charge in [0.1, 0.15) is 0 Å². The molecule has 0 aromatic heterocycles. The topological polar surface area (TPSA) is 58.2 Å². The summed E-state index contributed by atoms with van der Waals surface area (Å²) in [4.78, 5) is 27.0. The number of hydrogen-bond acceptors (Lipinski definition) is 2. The van der Waals surface area contributed by atoms with Crippen LogP contribution in [-0.2, 0) is 9.59 Å². The van der Waals surface area contributed by atoms with E-state index in [0.29, 0.717) is 0 Å². The van der Waals surface area contributed by atoms with Crippen LogP contribution in [0.15, 0.2) is 24.3 Å². The highest BCUT2D eigenvalue weighted by atomic mass is 16.2. The first-order valence-corrected chi connectivity index (χ1v) is 22.3. The van der Waals surface area contributed by atoms with Crippen LogP contribution in [0, 0.1) is 11.8 Å². The van der Waals surface area contributed by atoms with Crippen molar-refractivity contribution in [2.75, 3.05) is 10.6 Å². The number of rotatable bonds is 36. The predicted octanol–water partition coefficient (Wildman–Crippen LogP) is 15.4. The Hall–Kier alpha value is -1.84. The highest BCUT2D eigenvalue weighted by molar-refractivity contribution is 5.94. The molecule has 1 aromatic rings. The fourth-order valence-corrected chi connectivity index (χ4v) is 7.33. The Morgan fingerprint density at radius 3 is 0.780 bits per heavy atom. The van der Waals surface area contributed by atoms with Crippen LogP contribution in [0.4, 0.5) is 11.4 Å². The van der Waals surface area contributed by atoms with Gasteiger partial charge in [0.15, 0.2) is 0 Å². The lowest BCUT2D eigenvalue weighted by atomic mass is 9.93. The van der Waals surface area contributed by atoms with Gasteiger partial charge >= 0.3 is 0 Å². The molecular weight excluding hydrogens is 613 g/mol. The molecule has 2 amide bonds. The molecule has 0 spiro atoms. The summed E-state index contributed by atoms with van der Waals surface area (Å²) in [5, 5.41) is 6.47. The molecule has 0 aliphatic carbocycles. The molecule has 2 unspecified atom stereocenters. The normalized spacial score (nSPS) is 12.6. The summed E-state index contributed by atoms with van der Waals surface area (Å²) in [6.45, 7) is 9.07. The summed E-state index contributed by atoms with van der Waals surface area (Å²) in [5.74, 6) is 0.504. The van der Waals surface area contributed by atoms with E-state index in [-0.39, 0.29) is 23.7 Å². The third kappa shape index (κ3) is 26.0. The van der Waals surface area contributed by atoms with Crippen LogP contribution < -0.4 is 10.6 Å². The number of carbonyl (C=O) groups is 2. The average molecular weight is 697 g/mol. The number of anilines is 2. The molecule has 1 rings (SSSR count). The van der Waals surface area contributed by atoms with E-state index in [1.165, 1.54) is 154 Å². The van der Waals surface area contributed by atoms with Gasteiger partial charge in [-0.05, 0) is 49.9 Å². The van der Waals surface area contributed by atoms with Gasteiger partial charge in [0, 0.05) is 23.2 Å². The van der Waals surface area contributed by atoms with Gasteiger partial charge in [-0.3, -0.25) is 9.59 Å². The minimum atomic E-state index is 0.0831. The Labute approximate surface area is 311 Å². The molecule has 0 saturated heterocycles. The van der Waals surface area contributed by atoms with Gasteiger partial charge in [0.25, 0.3) is 0 Å². The van der Waals surface area contributed by atoms with Crippen LogP contribution in [0.5, 0.6) is 0 Å². The Morgan fingerprint density at radius 1 is 0.360 bits per heavy atom. The minimum Gasteiger partial charge on any atom is -0.326 e. The first-order chi connectivity index (χ1) is 24.5. The third-order valence-corrected chi connectivity index (χ3v) is 10.8. The standard InChI is InChI=1S/C46H84N2O2/c1-5-9-13-17-21-23-27-31-35-41(33-29-25-19-15-11-7-3)45(49)47-43-37-39-44(40-38-43)48-46(50)42(34-30-26-20-16-12-8-4)36-32-28-24-22-18-14-10-6-2/h37-42H,5-36H2,1-4H3,(H,47,49)(H,48,50). The molecule has 0 bridgehead atoms. The van der Waals surface area contributed by atoms with Crippen LogP contribution in [-0.4, -0.2) is 11.8 Å². The molecule has 1 aromatic carbocycles. The molecule has 0 saturated carbocycles. The van der Waals surface area contributed by atoms with Crippen molar-refractivity contribution in [2.45, 2.75) is 233 Å². The van der Waals surface area contributed by atoms with Crippen LogP contribution in [0.2, 0.25) is 0 Å². The molecule has 4 heteroatoms. The largest absolute Gasteiger partial charge is 0.326 e. The second kappa shape index (κ2) is 34.3. The van der Waals surface area contributed by atoms with Crippen molar-refractivity contribution >= 4 is 23.2 Å². The SMILES string of the molecule is CCCCCCCCCCC(CCCCCCCC)C(=O)Nc1ccc(NC(=O)C(CCCCCCCC)CCCCCCCCCC)cc1. The van der Waals surface area contributed by atoms with E-state index in [2.05, 4.69) is 38.3 Å². The average Bonchev–Trinajstić information content (AvgIpc) is 3.12. The fourth-order valence-electron chi connectivity index (χ4n) is 7.33. The maximum Gasteiger partial charge on any atom is 0.227 e. The summed E-state index contributed by atoms with van der Waals surface area (Å²) in [6, 6.07) is 7.86. The monoisotopic (exact) mass is 697 g/mol. The van der Waals surface area contributed by atoms with Crippen molar-refractivity contribution in [1.82, 2.24) is 0 Å². The van der Waals surface area contributed by atoms with Crippen molar-refractivity contribution in [2.24, 2.45) is 11.8 Å². The summed E-state index contributed by atoms with van der Waals surface area (Å²) in [5.41, 5.74) is 1.67. The second-order valence-corrected chi connectivity index (χ2v) is 15.6. The second-order valence-electron chi connectivity index (χ2n) is 15.6.